The molecule has 0 saturated carbocycles. The molecule has 158 valence electrons. The second-order valence-electron chi connectivity index (χ2n) is 7.40. The normalized spacial score (nSPS) is 11.4. The van der Waals surface area contributed by atoms with E-state index in [1.54, 1.807) is 36.4 Å². The van der Waals surface area contributed by atoms with E-state index in [0.29, 0.717) is 11.1 Å². The fraction of sp³-hybridized carbons (Fsp3) is 0.192. The molecule has 3 rings (SSSR count). The summed E-state index contributed by atoms with van der Waals surface area (Å²) in [6.45, 7) is 3.46. The molecule has 0 aliphatic carbocycles. The highest BCUT2D eigenvalue weighted by atomic mass is 16.5. The van der Waals surface area contributed by atoms with Crippen LogP contribution in [0, 0.1) is 13.8 Å². The number of hydrogen-bond acceptors (Lipinski definition) is 5. The highest BCUT2D eigenvalue weighted by Gasteiger charge is 2.25. The maximum absolute atomic E-state index is 12.8. The lowest BCUT2D eigenvalue weighted by Crippen LogP contribution is -2.35. The summed E-state index contributed by atoms with van der Waals surface area (Å²) in [6.07, 6.45) is -0.0874. The van der Waals surface area contributed by atoms with Gasteiger partial charge in [-0.05, 0) is 25.5 Å². The van der Waals surface area contributed by atoms with Gasteiger partial charge < -0.3 is 10.1 Å². The van der Waals surface area contributed by atoms with E-state index >= 15 is 0 Å². The van der Waals surface area contributed by atoms with Gasteiger partial charge in [0.1, 0.15) is 6.04 Å². The van der Waals surface area contributed by atoms with E-state index < -0.39 is 12.0 Å². The number of anilines is 1. The van der Waals surface area contributed by atoms with Gasteiger partial charge in [0.15, 0.2) is 18.2 Å². The Balaban J connectivity index is 1.72. The van der Waals surface area contributed by atoms with Crippen LogP contribution in [0.2, 0.25) is 0 Å². The molecule has 0 amide bonds. The number of carbonyl (C=O) groups excluding carboxylic acids is 3. The predicted octanol–water partition coefficient (Wildman–Crippen LogP) is 4.78. The number of esters is 1. The molecule has 31 heavy (non-hydrogen) atoms. The Kier molecular flexibility index (Phi) is 7.33. The van der Waals surface area contributed by atoms with E-state index in [1.165, 1.54) is 0 Å². The number of nitrogens with one attached hydrogen (secondary N) is 1. The van der Waals surface area contributed by atoms with Gasteiger partial charge in [-0.3, -0.25) is 9.59 Å². The first-order chi connectivity index (χ1) is 14.9. The van der Waals surface area contributed by atoms with Gasteiger partial charge in [0, 0.05) is 23.2 Å². The topological polar surface area (TPSA) is 72.5 Å². The van der Waals surface area contributed by atoms with Crippen molar-refractivity contribution in [1.82, 2.24) is 0 Å². The van der Waals surface area contributed by atoms with Gasteiger partial charge in [-0.1, -0.05) is 78.4 Å². The molecule has 3 aromatic carbocycles. The molecule has 0 aliphatic heterocycles. The maximum atomic E-state index is 12.8. The van der Waals surface area contributed by atoms with Crippen LogP contribution in [-0.2, 0) is 9.53 Å². The number of rotatable bonds is 9. The third-order valence-electron chi connectivity index (χ3n) is 4.96. The van der Waals surface area contributed by atoms with E-state index in [2.05, 4.69) is 5.32 Å². The van der Waals surface area contributed by atoms with Crippen molar-refractivity contribution in [3.8, 4) is 0 Å². The summed E-state index contributed by atoms with van der Waals surface area (Å²) in [6, 6.07) is 22.4. The lowest BCUT2D eigenvalue weighted by atomic mass is 10.0. The zero-order chi connectivity index (χ0) is 22.2. The van der Waals surface area contributed by atoms with E-state index in [0.717, 1.165) is 16.8 Å². The first-order valence-corrected chi connectivity index (χ1v) is 10.1. The molecule has 3 aromatic rings. The highest BCUT2D eigenvalue weighted by Crippen LogP contribution is 2.18. The molecular formula is C26H25NO4. The highest BCUT2D eigenvalue weighted by molar-refractivity contribution is 6.01. The van der Waals surface area contributed by atoms with Crippen molar-refractivity contribution in [2.75, 3.05) is 11.9 Å². The molecule has 0 spiro atoms. The number of para-hydroxylation sites is 1. The Bertz CT molecular complexity index is 1060. The third-order valence-corrected chi connectivity index (χ3v) is 4.96. The van der Waals surface area contributed by atoms with E-state index in [4.69, 9.17) is 4.74 Å². The van der Waals surface area contributed by atoms with E-state index in [-0.39, 0.29) is 24.6 Å². The average Bonchev–Trinajstić information content (AvgIpc) is 2.79. The zero-order valence-electron chi connectivity index (χ0n) is 17.6. The van der Waals surface area contributed by atoms with Crippen LogP contribution in [0.25, 0.3) is 0 Å². The predicted molar refractivity (Wildman–Crippen MR) is 120 cm³/mol. The first kappa shape index (κ1) is 22.0. The van der Waals surface area contributed by atoms with Crippen LogP contribution in [0.4, 0.5) is 5.69 Å². The van der Waals surface area contributed by atoms with Crippen molar-refractivity contribution in [3.05, 3.63) is 101 Å². The van der Waals surface area contributed by atoms with Crippen molar-refractivity contribution >= 4 is 23.2 Å². The van der Waals surface area contributed by atoms with Crippen molar-refractivity contribution in [3.63, 3.8) is 0 Å². The molecule has 0 fully saturated rings. The minimum absolute atomic E-state index is 0.0874. The fourth-order valence-corrected chi connectivity index (χ4v) is 3.10. The van der Waals surface area contributed by atoms with E-state index in [9.17, 15) is 14.4 Å². The minimum atomic E-state index is -0.917. The molecule has 0 aliphatic rings. The summed E-state index contributed by atoms with van der Waals surface area (Å²) < 4.78 is 5.30. The number of Topliss-reactive ketones (excluding diaryl/α,β-unsaturated/α-hetero) is 2. The van der Waals surface area contributed by atoms with Gasteiger partial charge in [-0.15, -0.1) is 0 Å². The van der Waals surface area contributed by atoms with Crippen LogP contribution in [0.3, 0.4) is 0 Å². The Morgan fingerprint density at radius 2 is 1.39 bits per heavy atom. The third kappa shape index (κ3) is 6.12. The Hall–Kier alpha value is -3.73. The van der Waals surface area contributed by atoms with Crippen molar-refractivity contribution in [2.45, 2.75) is 26.3 Å². The molecule has 1 N–H and O–H groups in total. The van der Waals surface area contributed by atoms with Gasteiger partial charge in [-0.25, -0.2) is 4.79 Å². The molecule has 0 radical (unpaired) electrons. The number of aryl methyl sites for hydroxylation is 2. The molecule has 5 heteroatoms. The molecule has 1 atom stereocenters. The van der Waals surface area contributed by atoms with Gasteiger partial charge >= 0.3 is 5.97 Å². The van der Waals surface area contributed by atoms with Crippen molar-refractivity contribution < 1.29 is 19.1 Å². The molecule has 1 unspecified atom stereocenters. The molecule has 5 nitrogen and oxygen atoms in total. The largest absolute Gasteiger partial charge is 0.456 e. The average molecular weight is 415 g/mol. The van der Waals surface area contributed by atoms with Crippen molar-refractivity contribution in [1.29, 1.82) is 0 Å². The monoisotopic (exact) mass is 415 g/mol. The second-order valence-corrected chi connectivity index (χ2v) is 7.40. The second kappa shape index (κ2) is 10.3. The summed E-state index contributed by atoms with van der Waals surface area (Å²) in [5.41, 5.74) is 3.69. The van der Waals surface area contributed by atoms with Gasteiger partial charge in [0.05, 0.1) is 0 Å². The van der Waals surface area contributed by atoms with Crippen LogP contribution in [0.1, 0.15) is 38.3 Å². The summed E-state index contributed by atoms with van der Waals surface area (Å²) in [4.78, 5) is 37.9. The number of benzene rings is 3. The van der Waals surface area contributed by atoms with Gasteiger partial charge in [-0.2, -0.15) is 0 Å². The summed E-state index contributed by atoms with van der Waals surface area (Å²) in [7, 11) is 0. The SMILES string of the molecule is Cc1ccc(C(=O)COC(=O)C(CC(=O)c2ccccc2)Nc2ccccc2C)cc1. The lowest BCUT2D eigenvalue weighted by molar-refractivity contribution is -0.143. The molecule has 0 saturated heterocycles. The van der Waals surface area contributed by atoms with Gasteiger partial charge in [0.2, 0.25) is 0 Å². The van der Waals surface area contributed by atoms with Crippen molar-refractivity contribution in [2.24, 2.45) is 0 Å². The Morgan fingerprint density at radius 1 is 0.774 bits per heavy atom. The smallest absolute Gasteiger partial charge is 0.329 e. The number of hydrogen-bond donors (Lipinski definition) is 1. The first-order valence-electron chi connectivity index (χ1n) is 10.1. The molecule has 0 bridgehead atoms. The minimum Gasteiger partial charge on any atom is -0.456 e. The molecular weight excluding hydrogens is 390 g/mol. The number of carbonyl (C=O) groups is 3. The van der Waals surface area contributed by atoms with E-state index in [1.807, 2.05) is 56.3 Å². The standard InChI is InChI=1S/C26H25NO4/c1-18-12-14-21(15-13-18)25(29)17-31-26(30)23(27-22-11-7-6-8-19(22)2)16-24(28)20-9-4-3-5-10-20/h3-15,23,27H,16-17H2,1-2H3. The van der Waals surface area contributed by atoms with Crippen LogP contribution < -0.4 is 5.32 Å². The molecule has 0 aromatic heterocycles. The van der Waals surface area contributed by atoms with Crippen LogP contribution in [0.15, 0.2) is 78.9 Å². The lowest BCUT2D eigenvalue weighted by Gasteiger charge is -2.19. The van der Waals surface area contributed by atoms with Crippen LogP contribution in [-0.4, -0.2) is 30.2 Å². The van der Waals surface area contributed by atoms with Crippen LogP contribution >= 0.6 is 0 Å². The number of ketones is 2. The number of ether oxygens (including phenoxy) is 1. The zero-order valence-corrected chi connectivity index (χ0v) is 17.6. The van der Waals surface area contributed by atoms with Gasteiger partial charge in [0.25, 0.3) is 0 Å². The quantitative estimate of drug-likeness (QED) is 0.402. The fourth-order valence-electron chi connectivity index (χ4n) is 3.10. The Labute approximate surface area is 182 Å². The summed E-state index contributed by atoms with van der Waals surface area (Å²) >= 11 is 0. The Morgan fingerprint density at radius 3 is 2.06 bits per heavy atom. The summed E-state index contributed by atoms with van der Waals surface area (Å²) in [5.74, 6) is -1.13. The molecule has 0 heterocycles. The van der Waals surface area contributed by atoms with Crippen LogP contribution in [0.5, 0.6) is 0 Å². The summed E-state index contributed by atoms with van der Waals surface area (Å²) in [5, 5.41) is 3.11. The maximum Gasteiger partial charge on any atom is 0.329 e.